The Morgan fingerprint density at radius 3 is 2.28 bits per heavy atom. The predicted molar refractivity (Wildman–Crippen MR) is 98.0 cm³/mol. The van der Waals surface area contributed by atoms with Gasteiger partial charge in [-0.1, -0.05) is 24.3 Å². The van der Waals surface area contributed by atoms with Crippen LogP contribution in [0.25, 0.3) is 10.8 Å². The van der Waals surface area contributed by atoms with E-state index in [2.05, 4.69) is 26.6 Å². The van der Waals surface area contributed by atoms with E-state index in [1.165, 1.54) is 0 Å². The van der Waals surface area contributed by atoms with E-state index in [0.717, 1.165) is 27.7 Å². The number of fused-ring (bicyclic) bond motifs is 1. The molecule has 2 heterocycles. The van der Waals surface area contributed by atoms with Crippen molar-refractivity contribution >= 4 is 22.3 Å². The first-order valence-corrected chi connectivity index (χ1v) is 7.99. The molecule has 0 amide bonds. The van der Waals surface area contributed by atoms with Gasteiger partial charge in [0.05, 0.1) is 5.69 Å². The number of aromatic nitrogens is 3. The fourth-order valence-corrected chi connectivity index (χ4v) is 2.76. The number of phenols is 1. The molecule has 0 fully saturated rings. The number of aromatic hydroxyl groups is 1. The maximum Gasteiger partial charge on any atom is 0.160 e. The summed E-state index contributed by atoms with van der Waals surface area (Å²) in [5, 5.41) is 23.6. The van der Waals surface area contributed by atoms with Crippen molar-refractivity contribution in [2.24, 2.45) is 0 Å². The molecule has 2 aromatic heterocycles. The third-order valence-corrected chi connectivity index (χ3v) is 4.01. The minimum Gasteiger partial charge on any atom is -0.508 e. The number of pyridine rings is 1. The number of rotatable bonds is 4. The quantitative estimate of drug-likeness (QED) is 0.553. The highest BCUT2D eigenvalue weighted by molar-refractivity contribution is 5.94. The molecule has 0 saturated heterocycles. The number of hydrogen-bond donors (Lipinski definition) is 2. The molecule has 0 radical (unpaired) electrons. The standard InChI is InChI=1S/C20H16N4O/c25-16-7-5-15(6-8-16)22-20-18-4-2-1-3-17(18)19(23-24-20)13-14-9-11-21-12-10-14/h1-12,25H,13H2,(H,22,24). The summed E-state index contributed by atoms with van der Waals surface area (Å²) >= 11 is 0. The van der Waals surface area contributed by atoms with Gasteiger partial charge < -0.3 is 10.4 Å². The largest absolute Gasteiger partial charge is 0.508 e. The van der Waals surface area contributed by atoms with Crippen molar-refractivity contribution in [3.05, 3.63) is 84.3 Å². The molecule has 2 N–H and O–H groups in total. The van der Waals surface area contributed by atoms with E-state index >= 15 is 0 Å². The van der Waals surface area contributed by atoms with Crippen LogP contribution in [0.1, 0.15) is 11.3 Å². The first kappa shape index (κ1) is 15.1. The van der Waals surface area contributed by atoms with Gasteiger partial charge in [0.2, 0.25) is 0 Å². The van der Waals surface area contributed by atoms with Crippen molar-refractivity contribution in [1.29, 1.82) is 0 Å². The molecular formula is C20H16N4O. The summed E-state index contributed by atoms with van der Waals surface area (Å²) in [6.07, 6.45) is 4.27. The summed E-state index contributed by atoms with van der Waals surface area (Å²) in [4.78, 5) is 4.05. The number of nitrogens with zero attached hydrogens (tertiary/aromatic N) is 3. The second-order valence-electron chi connectivity index (χ2n) is 5.74. The highest BCUT2D eigenvalue weighted by Gasteiger charge is 2.10. The fraction of sp³-hybridized carbons (Fsp3) is 0.0500. The van der Waals surface area contributed by atoms with Gasteiger partial charge in [0.1, 0.15) is 5.75 Å². The highest BCUT2D eigenvalue weighted by atomic mass is 16.3. The van der Waals surface area contributed by atoms with Gasteiger partial charge in [-0.15, -0.1) is 5.10 Å². The summed E-state index contributed by atoms with van der Waals surface area (Å²) in [7, 11) is 0. The first-order chi connectivity index (χ1) is 12.3. The molecule has 0 unspecified atom stereocenters. The Balaban J connectivity index is 1.72. The Morgan fingerprint density at radius 2 is 1.52 bits per heavy atom. The van der Waals surface area contributed by atoms with Gasteiger partial charge in [-0.05, 0) is 42.0 Å². The maximum atomic E-state index is 9.41. The van der Waals surface area contributed by atoms with E-state index in [9.17, 15) is 5.11 Å². The molecule has 4 aromatic rings. The number of anilines is 2. The topological polar surface area (TPSA) is 70.9 Å². The average Bonchev–Trinajstić information content (AvgIpc) is 2.66. The van der Waals surface area contributed by atoms with Crippen LogP contribution >= 0.6 is 0 Å². The number of nitrogens with one attached hydrogen (secondary N) is 1. The fourth-order valence-electron chi connectivity index (χ4n) is 2.76. The normalized spacial score (nSPS) is 10.7. The molecule has 4 rings (SSSR count). The van der Waals surface area contributed by atoms with Gasteiger partial charge in [0, 0.05) is 35.3 Å². The first-order valence-electron chi connectivity index (χ1n) is 7.99. The third-order valence-electron chi connectivity index (χ3n) is 4.01. The lowest BCUT2D eigenvalue weighted by molar-refractivity contribution is 0.475. The number of hydrogen-bond acceptors (Lipinski definition) is 5. The maximum absolute atomic E-state index is 9.41. The van der Waals surface area contributed by atoms with E-state index in [1.807, 2.05) is 30.3 Å². The summed E-state index contributed by atoms with van der Waals surface area (Å²) < 4.78 is 0. The third kappa shape index (κ3) is 3.26. The van der Waals surface area contributed by atoms with Gasteiger partial charge in [-0.2, -0.15) is 5.10 Å². The Bertz CT molecular complexity index is 1000. The van der Waals surface area contributed by atoms with Crippen LogP contribution in [0.3, 0.4) is 0 Å². The zero-order valence-corrected chi connectivity index (χ0v) is 13.4. The molecule has 0 bridgehead atoms. The summed E-state index contributed by atoms with van der Waals surface area (Å²) in [5.41, 5.74) is 2.92. The van der Waals surface area contributed by atoms with Crippen molar-refractivity contribution in [3.8, 4) is 5.75 Å². The predicted octanol–water partition coefficient (Wildman–Crippen LogP) is 4.06. The second kappa shape index (κ2) is 6.57. The Hall–Kier alpha value is -3.47. The van der Waals surface area contributed by atoms with Crippen LogP contribution in [0.2, 0.25) is 0 Å². The smallest absolute Gasteiger partial charge is 0.160 e. The molecular weight excluding hydrogens is 312 g/mol. The Morgan fingerprint density at radius 1 is 0.800 bits per heavy atom. The van der Waals surface area contributed by atoms with Gasteiger partial charge in [0.15, 0.2) is 5.82 Å². The van der Waals surface area contributed by atoms with E-state index < -0.39 is 0 Å². The van der Waals surface area contributed by atoms with Gasteiger partial charge in [-0.3, -0.25) is 4.98 Å². The van der Waals surface area contributed by atoms with Gasteiger partial charge >= 0.3 is 0 Å². The minimum atomic E-state index is 0.231. The zero-order chi connectivity index (χ0) is 17.1. The number of benzene rings is 2. The highest BCUT2D eigenvalue weighted by Crippen LogP contribution is 2.27. The molecule has 122 valence electrons. The molecule has 0 aliphatic carbocycles. The Labute approximate surface area is 145 Å². The van der Waals surface area contributed by atoms with Crippen molar-refractivity contribution < 1.29 is 5.11 Å². The van der Waals surface area contributed by atoms with Crippen LogP contribution in [0.5, 0.6) is 5.75 Å². The van der Waals surface area contributed by atoms with Gasteiger partial charge in [0.25, 0.3) is 0 Å². The molecule has 5 nitrogen and oxygen atoms in total. The molecule has 5 heteroatoms. The Kier molecular flexibility index (Phi) is 3.96. The van der Waals surface area contributed by atoms with Crippen molar-refractivity contribution in [1.82, 2.24) is 15.2 Å². The van der Waals surface area contributed by atoms with Gasteiger partial charge in [-0.25, -0.2) is 0 Å². The van der Waals surface area contributed by atoms with E-state index in [0.29, 0.717) is 12.2 Å². The molecule has 0 spiro atoms. The van der Waals surface area contributed by atoms with Crippen LogP contribution in [0.15, 0.2) is 73.1 Å². The lowest BCUT2D eigenvalue weighted by atomic mass is 10.0. The van der Waals surface area contributed by atoms with Crippen LogP contribution < -0.4 is 5.32 Å². The summed E-state index contributed by atoms with van der Waals surface area (Å²) in [5.74, 6) is 0.925. The van der Waals surface area contributed by atoms with Crippen molar-refractivity contribution in [2.75, 3.05) is 5.32 Å². The average molecular weight is 328 g/mol. The second-order valence-corrected chi connectivity index (χ2v) is 5.74. The van der Waals surface area contributed by atoms with Crippen LogP contribution in [-0.2, 0) is 6.42 Å². The monoisotopic (exact) mass is 328 g/mol. The molecule has 25 heavy (non-hydrogen) atoms. The lowest BCUT2D eigenvalue weighted by Gasteiger charge is -2.11. The van der Waals surface area contributed by atoms with Crippen molar-refractivity contribution in [3.63, 3.8) is 0 Å². The zero-order valence-electron chi connectivity index (χ0n) is 13.4. The van der Waals surface area contributed by atoms with Crippen LogP contribution in [0.4, 0.5) is 11.5 Å². The molecule has 0 aliphatic rings. The molecule has 0 aliphatic heterocycles. The SMILES string of the molecule is Oc1ccc(Nc2nnc(Cc3ccncc3)c3ccccc23)cc1. The number of phenolic OH excluding ortho intramolecular Hbond substituents is 1. The minimum absolute atomic E-state index is 0.231. The molecule has 2 aromatic carbocycles. The van der Waals surface area contributed by atoms with E-state index in [-0.39, 0.29) is 5.75 Å². The van der Waals surface area contributed by atoms with Crippen LogP contribution in [0, 0.1) is 0 Å². The van der Waals surface area contributed by atoms with E-state index in [4.69, 9.17) is 0 Å². The summed E-state index contributed by atoms with van der Waals surface area (Å²) in [6, 6.07) is 18.9. The van der Waals surface area contributed by atoms with E-state index in [1.54, 1.807) is 36.7 Å². The summed E-state index contributed by atoms with van der Waals surface area (Å²) in [6.45, 7) is 0. The lowest BCUT2D eigenvalue weighted by Crippen LogP contribution is -2.02. The molecule has 0 saturated carbocycles. The molecule has 0 atom stereocenters. The van der Waals surface area contributed by atoms with Crippen molar-refractivity contribution in [2.45, 2.75) is 6.42 Å². The van der Waals surface area contributed by atoms with Crippen LogP contribution in [-0.4, -0.2) is 20.3 Å².